The molecule has 5 heteroatoms. The monoisotopic (exact) mass is 363 g/mol. The number of hydrogen-bond donors (Lipinski definition) is 1. The Kier molecular flexibility index (Phi) is 5.40. The number of hydrogen-bond acceptors (Lipinski definition) is 3. The molecule has 140 valence electrons. The van der Waals surface area contributed by atoms with Gasteiger partial charge in [0.2, 0.25) is 5.43 Å². The van der Waals surface area contributed by atoms with Gasteiger partial charge >= 0.3 is 0 Å². The minimum Gasteiger partial charge on any atom is -0.331 e. The Morgan fingerprint density at radius 2 is 2.00 bits per heavy atom. The van der Waals surface area contributed by atoms with E-state index in [1.807, 2.05) is 35.8 Å². The smallest absolute Gasteiger partial charge is 0.261 e. The number of nitrogens with one attached hydrogen (secondary N) is 1. The van der Waals surface area contributed by atoms with Gasteiger partial charge in [0, 0.05) is 24.1 Å². The van der Waals surface area contributed by atoms with Crippen LogP contribution in [0.1, 0.15) is 54.7 Å². The van der Waals surface area contributed by atoms with Crippen LogP contribution >= 0.6 is 0 Å². The van der Waals surface area contributed by atoms with Gasteiger partial charge < -0.3 is 9.88 Å². The summed E-state index contributed by atoms with van der Waals surface area (Å²) in [5, 5.41) is 3.34. The van der Waals surface area contributed by atoms with Crippen molar-refractivity contribution in [1.29, 1.82) is 0 Å². The number of pyridine rings is 2. The topological polar surface area (TPSA) is 64.0 Å². The second-order valence-corrected chi connectivity index (χ2v) is 7.12. The van der Waals surface area contributed by atoms with E-state index in [-0.39, 0.29) is 11.0 Å². The number of aryl methyl sites for hydroxylation is 2. The lowest BCUT2D eigenvalue weighted by atomic mass is 10.0. The van der Waals surface area contributed by atoms with Crippen LogP contribution in [0.5, 0.6) is 0 Å². The molecule has 0 spiro atoms. The summed E-state index contributed by atoms with van der Waals surface area (Å²) in [5.74, 6) is -0.0353. The van der Waals surface area contributed by atoms with Gasteiger partial charge in [-0.25, -0.2) is 4.98 Å². The van der Waals surface area contributed by atoms with Gasteiger partial charge in [-0.2, -0.15) is 0 Å². The van der Waals surface area contributed by atoms with Crippen LogP contribution in [0.2, 0.25) is 0 Å². The van der Waals surface area contributed by atoms with E-state index < -0.39 is 5.91 Å². The Bertz CT molecular complexity index is 1050. The normalized spacial score (nSPS) is 11.1. The number of amides is 1. The van der Waals surface area contributed by atoms with Gasteiger partial charge in [0.1, 0.15) is 11.2 Å². The van der Waals surface area contributed by atoms with Crippen LogP contribution in [-0.4, -0.2) is 15.5 Å². The van der Waals surface area contributed by atoms with E-state index in [4.69, 9.17) is 0 Å². The predicted molar refractivity (Wildman–Crippen MR) is 110 cm³/mol. The highest BCUT2D eigenvalue weighted by Gasteiger charge is 2.16. The summed E-state index contributed by atoms with van der Waals surface area (Å²) in [4.78, 5) is 30.2. The van der Waals surface area contributed by atoms with Gasteiger partial charge in [0.05, 0.1) is 5.39 Å². The average Bonchev–Trinajstić information content (AvgIpc) is 2.64. The van der Waals surface area contributed by atoms with E-state index in [9.17, 15) is 9.59 Å². The van der Waals surface area contributed by atoms with Crippen molar-refractivity contribution in [2.24, 2.45) is 0 Å². The summed E-state index contributed by atoms with van der Waals surface area (Å²) in [6.45, 7) is 8.83. The zero-order chi connectivity index (χ0) is 19.6. The molecule has 1 aromatic carbocycles. The van der Waals surface area contributed by atoms with Gasteiger partial charge in [-0.1, -0.05) is 32.9 Å². The highest BCUT2D eigenvalue weighted by Crippen LogP contribution is 2.19. The third-order valence-electron chi connectivity index (χ3n) is 4.58. The Morgan fingerprint density at radius 3 is 2.70 bits per heavy atom. The molecule has 2 heterocycles. The number of carbonyl (C=O) groups excluding carboxylic acids is 1. The molecule has 5 nitrogen and oxygen atoms in total. The molecule has 3 rings (SSSR count). The van der Waals surface area contributed by atoms with Crippen LogP contribution in [-0.2, 0) is 6.54 Å². The van der Waals surface area contributed by atoms with E-state index in [0.29, 0.717) is 29.2 Å². The summed E-state index contributed by atoms with van der Waals surface area (Å²) in [6.07, 6.45) is 2.51. The van der Waals surface area contributed by atoms with Crippen molar-refractivity contribution >= 4 is 22.6 Å². The first kappa shape index (κ1) is 18.8. The van der Waals surface area contributed by atoms with Crippen LogP contribution in [0.15, 0.2) is 47.4 Å². The maximum absolute atomic E-state index is 12.9. The van der Waals surface area contributed by atoms with Gasteiger partial charge in [-0.15, -0.1) is 0 Å². The zero-order valence-corrected chi connectivity index (χ0v) is 16.2. The number of rotatable bonds is 5. The standard InChI is InChI=1S/C22H25N3O2/c1-5-11-25-13-19(20(26)18-10-9-15(4)23-21(18)25)22(27)24-17-8-6-7-16(12-17)14(2)3/h6-10,12-14H,5,11H2,1-4H3,(H,24,27). The molecule has 0 saturated heterocycles. The van der Waals surface area contributed by atoms with E-state index in [0.717, 1.165) is 17.7 Å². The molecule has 0 fully saturated rings. The predicted octanol–water partition coefficient (Wildman–Crippen LogP) is 4.49. The Hall–Kier alpha value is -2.95. The van der Waals surface area contributed by atoms with Crippen LogP contribution in [0, 0.1) is 6.92 Å². The number of anilines is 1. The van der Waals surface area contributed by atoms with Gasteiger partial charge in [-0.3, -0.25) is 9.59 Å². The number of fused-ring (bicyclic) bond motifs is 1. The summed E-state index contributed by atoms with van der Waals surface area (Å²) >= 11 is 0. The molecule has 0 aliphatic heterocycles. The van der Waals surface area contributed by atoms with Crippen molar-refractivity contribution in [2.45, 2.75) is 46.6 Å². The first-order chi connectivity index (χ1) is 12.9. The lowest BCUT2D eigenvalue weighted by Gasteiger charge is -2.13. The van der Waals surface area contributed by atoms with Crippen molar-refractivity contribution < 1.29 is 4.79 Å². The maximum atomic E-state index is 12.9. The minimum absolute atomic E-state index is 0.136. The first-order valence-corrected chi connectivity index (χ1v) is 9.32. The molecule has 0 saturated carbocycles. The van der Waals surface area contributed by atoms with Crippen LogP contribution in [0.25, 0.3) is 11.0 Å². The van der Waals surface area contributed by atoms with Crippen molar-refractivity contribution in [3.8, 4) is 0 Å². The largest absolute Gasteiger partial charge is 0.331 e. The molecule has 0 radical (unpaired) electrons. The van der Waals surface area contributed by atoms with E-state index in [1.54, 1.807) is 18.3 Å². The lowest BCUT2D eigenvalue weighted by Crippen LogP contribution is -2.24. The summed E-state index contributed by atoms with van der Waals surface area (Å²) < 4.78 is 1.89. The number of aromatic nitrogens is 2. The molecular weight excluding hydrogens is 338 g/mol. The zero-order valence-electron chi connectivity index (χ0n) is 16.2. The highest BCUT2D eigenvalue weighted by atomic mass is 16.2. The molecule has 2 aromatic heterocycles. The maximum Gasteiger partial charge on any atom is 0.261 e. The molecule has 0 bridgehead atoms. The lowest BCUT2D eigenvalue weighted by molar-refractivity contribution is 0.102. The highest BCUT2D eigenvalue weighted by molar-refractivity contribution is 6.05. The third-order valence-corrected chi connectivity index (χ3v) is 4.58. The molecule has 0 atom stereocenters. The molecule has 27 heavy (non-hydrogen) atoms. The first-order valence-electron chi connectivity index (χ1n) is 9.32. The molecular formula is C22H25N3O2. The minimum atomic E-state index is -0.395. The summed E-state index contributed by atoms with van der Waals surface area (Å²) in [6, 6.07) is 11.3. The Balaban J connectivity index is 2.04. The average molecular weight is 363 g/mol. The van der Waals surface area contributed by atoms with Gasteiger partial charge in [0.25, 0.3) is 5.91 Å². The third kappa shape index (κ3) is 3.92. The molecule has 3 aromatic rings. The SMILES string of the molecule is CCCn1cc(C(=O)Nc2cccc(C(C)C)c2)c(=O)c2ccc(C)nc21. The van der Waals surface area contributed by atoms with Crippen LogP contribution in [0.4, 0.5) is 5.69 Å². The number of benzene rings is 1. The number of carbonyl (C=O) groups is 1. The fraction of sp³-hybridized carbons (Fsp3) is 0.318. The fourth-order valence-corrected chi connectivity index (χ4v) is 3.11. The van der Waals surface area contributed by atoms with Gasteiger partial charge in [-0.05, 0) is 49.1 Å². The summed E-state index contributed by atoms with van der Waals surface area (Å²) in [7, 11) is 0. The molecule has 0 aliphatic rings. The van der Waals surface area contributed by atoms with E-state index >= 15 is 0 Å². The fourth-order valence-electron chi connectivity index (χ4n) is 3.11. The van der Waals surface area contributed by atoms with E-state index in [1.165, 1.54) is 0 Å². The quantitative estimate of drug-likeness (QED) is 0.726. The number of nitrogens with zero attached hydrogens (tertiary/aromatic N) is 2. The van der Waals surface area contributed by atoms with E-state index in [2.05, 4.69) is 31.1 Å². The van der Waals surface area contributed by atoms with Crippen molar-refractivity contribution in [3.63, 3.8) is 0 Å². The van der Waals surface area contributed by atoms with Crippen LogP contribution in [0.3, 0.4) is 0 Å². The van der Waals surface area contributed by atoms with Crippen molar-refractivity contribution in [3.05, 3.63) is 69.6 Å². The molecule has 1 amide bonds. The molecule has 1 N–H and O–H groups in total. The van der Waals surface area contributed by atoms with Crippen LogP contribution < -0.4 is 10.7 Å². The van der Waals surface area contributed by atoms with Gasteiger partial charge in [0.15, 0.2) is 0 Å². The molecule has 0 unspecified atom stereocenters. The Morgan fingerprint density at radius 1 is 1.22 bits per heavy atom. The second-order valence-electron chi connectivity index (χ2n) is 7.12. The van der Waals surface area contributed by atoms with Crippen molar-refractivity contribution in [2.75, 3.05) is 5.32 Å². The molecule has 0 aliphatic carbocycles. The van der Waals surface area contributed by atoms with Crippen molar-refractivity contribution in [1.82, 2.24) is 9.55 Å². The second kappa shape index (κ2) is 7.74. The Labute approximate surface area is 159 Å². The summed E-state index contributed by atoms with van der Waals surface area (Å²) in [5.41, 5.74) is 3.14.